The summed E-state index contributed by atoms with van der Waals surface area (Å²) in [7, 11) is 2.18. The van der Waals surface area contributed by atoms with Crippen LogP contribution < -0.4 is 10.6 Å². The molecule has 1 aromatic rings. The topological polar surface area (TPSA) is 69.1 Å². The summed E-state index contributed by atoms with van der Waals surface area (Å²) >= 11 is 0. The van der Waals surface area contributed by atoms with Gasteiger partial charge in [0.1, 0.15) is 0 Å². The second-order valence-corrected chi connectivity index (χ2v) is 7.94. The van der Waals surface area contributed by atoms with Crippen LogP contribution in [0.5, 0.6) is 0 Å². The zero-order chi connectivity index (χ0) is 20.2. The van der Waals surface area contributed by atoms with Gasteiger partial charge < -0.3 is 20.5 Å². The molecule has 0 aliphatic carbocycles. The van der Waals surface area contributed by atoms with Crippen LogP contribution in [0.3, 0.4) is 0 Å². The van der Waals surface area contributed by atoms with Crippen LogP contribution in [0.1, 0.15) is 38.7 Å². The first-order valence-electron chi connectivity index (χ1n) is 10.5. The SMILES string of the molecule is CCNC(=NCC1(CCO)CCOC1)NCCC(C)N(C)Cc1ccccc1. The third-order valence-electron chi connectivity index (χ3n) is 5.63. The van der Waals surface area contributed by atoms with Crippen molar-refractivity contribution in [3.05, 3.63) is 35.9 Å². The fourth-order valence-corrected chi connectivity index (χ4v) is 3.52. The van der Waals surface area contributed by atoms with Crippen molar-refractivity contribution in [1.29, 1.82) is 0 Å². The van der Waals surface area contributed by atoms with Crippen molar-refractivity contribution in [1.82, 2.24) is 15.5 Å². The van der Waals surface area contributed by atoms with Gasteiger partial charge in [-0.05, 0) is 45.7 Å². The van der Waals surface area contributed by atoms with Gasteiger partial charge >= 0.3 is 0 Å². The summed E-state index contributed by atoms with van der Waals surface area (Å²) in [6.45, 7) is 9.34. The van der Waals surface area contributed by atoms with E-state index >= 15 is 0 Å². The Labute approximate surface area is 170 Å². The van der Waals surface area contributed by atoms with Gasteiger partial charge in [-0.15, -0.1) is 0 Å². The molecular formula is C22H38N4O2. The van der Waals surface area contributed by atoms with Crippen molar-refractivity contribution in [3.8, 4) is 0 Å². The van der Waals surface area contributed by atoms with Gasteiger partial charge in [0, 0.05) is 44.3 Å². The number of rotatable bonds is 11. The Balaban J connectivity index is 1.80. The van der Waals surface area contributed by atoms with Crippen molar-refractivity contribution in [2.24, 2.45) is 10.4 Å². The zero-order valence-corrected chi connectivity index (χ0v) is 17.8. The van der Waals surface area contributed by atoms with E-state index in [0.717, 1.165) is 51.5 Å². The molecule has 1 aliphatic rings. The molecule has 0 radical (unpaired) electrons. The third kappa shape index (κ3) is 7.41. The first-order valence-corrected chi connectivity index (χ1v) is 10.5. The van der Waals surface area contributed by atoms with Gasteiger partial charge in [-0.1, -0.05) is 30.3 Å². The van der Waals surface area contributed by atoms with Crippen LogP contribution in [0.15, 0.2) is 35.3 Å². The van der Waals surface area contributed by atoms with Gasteiger partial charge in [0.05, 0.1) is 13.2 Å². The van der Waals surface area contributed by atoms with E-state index in [0.29, 0.717) is 19.2 Å². The smallest absolute Gasteiger partial charge is 0.191 e. The number of hydrogen-bond donors (Lipinski definition) is 3. The van der Waals surface area contributed by atoms with Crippen LogP contribution in [0.25, 0.3) is 0 Å². The summed E-state index contributed by atoms with van der Waals surface area (Å²) < 4.78 is 5.57. The van der Waals surface area contributed by atoms with E-state index in [-0.39, 0.29) is 12.0 Å². The van der Waals surface area contributed by atoms with Crippen molar-refractivity contribution in [2.75, 3.05) is 46.5 Å². The Hall–Kier alpha value is -1.63. The molecule has 1 fully saturated rings. The number of aliphatic imine (C=N–C) groups is 1. The first kappa shape index (κ1) is 22.7. The van der Waals surface area contributed by atoms with E-state index in [4.69, 9.17) is 9.73 Å². The number of ether oxygens (including phenoxy) is 1. The molecule has 1 aromatic carbocycles. The van der Waals surface area contributed by atoms with Gasteiger partial charge in [-0.3, -0.25) is 9.89 Å². The highest BCUT2D eigenvalue weighted by atomic mass is 16.5. The molecule has 2 unspecified atom stereocenters. The summed E-state index contributed by atoms with van der Waals surface area (Å²) in [4.78, 5) is 7.17. The molecule has 28 heavy (non-hydrogen) atoms. The number of hydrogen-bond acceptors (Lipinski definition) is 4. The molecule has 1 saturated heterocycles. The normalized spacial score (nSPS) is 21.1. The molecule has 6 heteroatoms. The molecule has 2 atom stereocenters. The van der Waals surface area contributed by atoms with E-state index in [2.05, 4.69) is 66.8 Å². The third-order valence-corrected chi connectivity index (χ3v) is 5.63. The van der Waals surface area contributed by atoms with E-state index < -0.39 is 0 Å². The van der Waals surface area contributed by atoms with E-state index in [1.165, 1.54) is 5.56 Å². The zero-order valence-electron chi connectivity index (χ0n) is 17.8. The minimum absolute atomic E-state index is 0.0136. The maximum absolute atomic E-state index is 9.38. The van der Waals surface area contributed by atoms with Crippen LogP contribution in [0.2, 0.25) is 0 Å². The van der Waals surface area contributed by atoms with E-state index in [9.17, 15) is 5.11 Å². The van der Waals surface area contributed by atoms with Crippen LogP contribution in [-0.2, 0) is 11.3 Å². The number of benzene rings is 1. The summed E-state index contributed by atoms with van der Waals surface area (Å²) in [5.74, 6) is 0.852. The predicted octanol–water partition coefficient (Wildman–Crippen LogP) is 2.24. The van der Waals surface area contributed by atoms with Crippen LogP contribution in [0, 0.1) is 5.41 Å². The Morgan fingerprint density at radius 2 is 2.11 bits per heavy atom. The number of aliphatic hydroxyl groups excluding tert-OH is 1. The van der Waals surface area contributed by atoms with Crippen molar-refractivity contribution in [3.63, 3.8) is 0 Å². The number of guanidine groups is 1. The lowest BCUT2D eigenvalue weighted by atomic mass is 9.84. The molecule has 0 bridgehead atoms. The van der Waals surface area contributed by atoms with Gasteiger partial charge in [-0.2, -0.15) is 0 Å². The average molecular weight is 391 g/mol. The Bertz CT molecular complexity index is 573. The van der Waals surface area contributed by atoms with Crippen molar-refractivity contribution >= 4 is 5.96 Å². The molecule has 0 amide bonds. The molecular weight excluding hydrogens is 352 g/mol. The molecule has 3 N–H and O–H groups in total. The molecule has 1 aliphatic heterocycles. The average Bonchev–Trinajstić information content (AvgIpc) is 3.16. The minimum atomic E-state index is -0.0136. The Morgan fingerprint density at radius 3 is 2.75 bits per heavy atom. The quantitative estimate of drug-likeness (QED) is 0.399. The highest BCUT2D eigenvalue weighted by molar-refractivity contribution is 5.79. The molecule has 0 spiro atoms. The predicted molar refractivity (Wildman–Crippen MR) is 116 cm³/mol. The summed E-state index contributed by atoms with van der Waals surface area (Å²) in [6, 6.07) is 11.1. The summed E-state index contributed by atoms with van der Waals surface area (Å²) in [5, 5.41) is 16.2. The van der Waals surface area contributed by atoms with Gasteiger partial charge in [0.25, 0.3) is 0 Å². The van der Waals surface area contributed by atoms with Gasteiger partial charge in [0.15, 0.2) is 5.96 Å². The van der Waals surface area contributed by atoms with Gasteiger partial charge in [0.2, 0.25) is 0 Å². The molecule has 0 aromatic heterocycles. The Morgan fingerprint density at radius 1 is 1.32 bits per heavy atom. The first-order chi connectivity index (χ1) is 13.6. The van der Waals surface area contributed by atoms with Crippen LogP contribution in [-0.4, -0.2) is 68.5 Å². The molecule has 1 heterocycles. The largest absolute Gasteiger partial charge is 0.396 e. The lowest BCUT2D eigenvalue weighted by Gasteiger charge is -2.26. The second kappa shape index (κ2) is 12.0. The van der Waals surface area contributed by atoms with Gasteiger partial charge in [-0.25, -0.2) is 0 Å². The molecule has 158 valence electrons. The highest BCUT2D eigenvalue weighted by Crippen LogP contribution is 2.32. The lowest BCUT2D eigenvalue weighted by Crippen LogP contribution is -2.41. The fraction of sp³-hybridized carbons (Fsp3) is 0.682. The van der Waals surface area contributed by atoms with E-state index in [1.54, 1.807) is 0 Å². The van der Waals surface area contributed by atoms with Crippen LogP contribution >= 0.6 is 0 Å². The van der Waals surface area contributed by atoms with Crippen molar-refractivity contribution in [2.45, 2.75) is 45.7 Å². The molecule has 2 rings (SSSR count). The number of nitrogens with one attached hydrogen (secondary N) is 2. The lowest BCUT2D eigenvalue weighted by molar-refractivity contribution is 0.131. The maximum Gasteiger partial charge on any atom is 0.191 e. The van der Waals surface area contributed by atoms with Crippen LogP contribution in [0.4, 0.5) is 0 Å². The Kier molecular flexibility index (Phi) is 9.75. The summed E-state index contributed by atoms with van der Waals surface area (Å²) in [5.41, 5.74) is 1.33. The number of aliphatic hydroxyl groups is 1. The van der Waals surface area contributed by atoms with Crippen molar-refractivity contribution < 1.29 is 9.84 Å². The maximum atomic E-state index is 9.38. The second-order valence-electron chi connectivity index (χ2n) is 7.94. The monoisotopic (exact) mass is 390 g/mol. The molecule has 0 saturated carbocycles. The fourth-order valence-electron chi connectivity index (χ4n) is 3.52. The molecule has 6 nitrogen and oxygen atoms in total. The standard InChI is InChI=1S/C22H38N4O2/c1-4-23-21(25-17-22(11-14-27)12-15-28-18-22)24-13-10-19(2)26(3)16-20-8-6-5-7-9-20/h5-9,19,27H,4,10-18H2,1-3H3,(H2,23,24,25). The summed E-state index contributed by atoms with van der Waals surface area (Å²) in [6.07, 6.45) is 2.76. The minimum Gasteiger partial charge on any atom is -0.396 e. The highest BCUT2D eigenvalue weighted by Gasteiger charge is 2.34. The number of nitrogens with zero attached hydrogens (tertiary/aromatic N) is 2. The van der Waals surface area contributed by atoms with E-state index in [1.807, 2.05) is 0 Å².